The lowest BCUT2D eigenvalue weighted by atomic mass is 9.69. The Bertz CT molecular complexity index is 473. The van der Waals surface area contributed by atoms with Crippen molar-refractivity contribution >= 4 is 63.7 Å². The molecule has 1 fully saturated rings. The van der Waals surface area contributed by atoms with E-state index in [1.807, 2.05) is 4.99 Å². The van der Waals surface area contributed by atoms with Crippen LogP contribution in [0.3, 0.4) is 0 Å². The lowest BCUT2D eigenvalue weighted by Crippen LogP contribution is -2.44. The van der Waals surface area contributed by atoms with Gasteiger partial charge in [-0.05, 0) is 60.2 Å². The van der Waals surface area contributed by atoms with Crippen molar-refractivity contribution in [2.24, 2.45) is 23.7 Å². The monoisotopic (exact) mass is 558 g/mol. The van der Waals surface area contributed by atoms with Crippen molar-refractivity contribution in [1.29, 1.82) is 0 Å². The zero-order chi connectivity index (χ0) is 17.2. The van der Waals surface area contributed by atoms with Gasteiger partial charge in [0, 0.05) is 20.1 Å². The minimum Gasteiger partial charge on any atom is -0.0881 e. The maximum atomic E-state index is 3.96. The molecule has 0 spiro atoms. The van der Waals surface area contributed by atoms with E-state index in [0.29, 0.717) is 33.3 Å². The molecule has 0 bridgehead atoms. The second-order valence-corrected chi connectivity index (χ2v) is 10.0. The fourth-order valence-corrected chi connectivity index (χ4v) is 6.25. The molecule has 1 aliphatic carbocycles. The summed E-state index contributed by atoms with van der Waals surface area (Å²) in [5, 5.41) is 0. The summed E-state index contributed by atoms with van der Waals surface area (Å²) in [5.41, 5.74) is 3.86. The summed E-state index contributed by atoms with van der Waals surface area (Å²) < 4.78 is 1.20. The van der Waals surface area contributed by atoms with Crippen molar-refractivity contribution in [3.63, 3.8) is 0 Å². The third kappa shape index (κ3) is 4.61. The number of halogens is 4. The van der Waals surface area contributed by atoms with Crippen LogP contribution in [0.25, 0.3) is 0 Å². The molecule has 22 heavy (non-hydrogen) atoms. The highest BCUT2D eigenvalue weighted by atomic mass is 79.9. The molecule has 4 atom stereocenters. The summed E-state index contributed by atoms with van der Waals surface area (Å²) in [7, 11) is 0. The topological polar surface area (TPSA) is 0 Å². The van der Waals surface area contributed by atoms with Gasteiger partial charge in [-0.2, -0.15) is 0 Å². The van der Waals surface area contributed by atoms with Crippen LogP contribution in [0.1, 0.15) is 41.5 Å². The molecule has 0 aromatic heterocycles. The van der Waals surface area contributed by atoms with Crippen LogP contribution in [0.4, 0.5) is 0 Å². The highest BCUT2D eigenvalue weighted by molar-refractivity contribution is 9.12. The maximum Gasteiger partial charge on any atom is 0.0248 e. The molecule has 126 valence electrons. The zero-order valence-corrected chi connectivity index (χ0v) is 20.5. The molecule has 1 rings (SSSR count). The summed E-state index contributed by atoms with van der Waals surface area (Å²) in [6.07, 6.45) is 2.39. The zero-order valence-electron chi connectivity index (χ0n) is 14.1. The van der Waals surface area contributed by atoms with Crippen molar-refractivity contribution in [2.45, 2.75) is 51.2 Å². The molecule has 0 N–H and O–H groups in total. The fourth-order valence-electron chi connectivity index (χ4n) is 2.97. The standard InChI is InChI=1S/C18H26Br4/c1-9(8-19)10(2)12(4)16(20)7-15-17(21)13(5)11(3)14(6)18(15)22/h7-8,11,13-15,17-18H,1-6H3/b9-8+,12-10-,16-7-. The summed E-state index contributed by atoms with van der Waals surface area (Å²) in [6, 6.07) is 0. The molecule has 0 heterocycles. The molecule has 0 nitrogen and oxygen atoms in total. The first-order chi connectivity index (χ1) is 10.1. The van der Waals surface area contributed by atoms with Crippen molar-refractivity contribution < 1.29 is 0 Å². The van der Waals surface area contributed by atoms with E-state index in [-0.39, 0.29) is 0 Å². The van der Waals surface area contributed by atoms with Gasteiger partial charge in [-0.25, -0.2) is 0 Å². The van der Waals surface area contributed by atoms with Gasteiger partial charge in [0.05, 0.1) is 0 Å². The van der Waals surface area contributed by atoms with Crippen molar-refractivity contribution in [3.05, 3.63) is 32.3 Å². The van der Waals surface area contributed by atoms with Crippen LogP contribution in [0.15, 0.2) is 32.3 Å². The molecule has 1 aliphatic rings. The second-order valence-electron chi connectivity index (χ2n) is 6.60. The van der Waals surface area contributed by atoms with Gasteiger partial charge in [0.1, 0.15) is 0 Å². The number of hydrogen-bond donors (Lipinski definition) is 0. The summed E-state index contributed by atoms with van der Waals surface area (Å²) in [5.74, 6) is 2.53. The van der Waals surface area contributed by atoms with E-state index in [9.17, 15) is 0 Å². The van der Waals surface area contributed by atoms with Gasteiger partial charge < -0.3 is 0 Å². The number of hydrogen-bond acceptors (Lipinski definition) is 0. The molecule has 0 radical (unpaired) electrons. The van der Waals surface area contributed by atoms with Gasteiger partial charge in [-0.1, -0.05) is 90.6 Å². The molecule has 4 heteroatoms. The van der Waals surface area contributed by atoms with E-state index in [0.717, 1.165) is 0 Å². The normalized spacial score (nSPS) is 38.8. The van der Waals surface area contributed by atoms with Gasteiger partial charge in [0.2, 0.25) is 0 Å². The van der Waals surface area contributed by atoms with Gasteiger partial charge >= 0.3 is 0 Å². The molecule has 0 aromatic rings. The molecule has 4 unspecified atom stereocenters. The largest absolute Gasteiger partial charge is 0.0881 e. The lowest BCUT2D eigenvalue weighted by Gasteiger charge is -2.44. The van der Waals surface area contributed by atoms with Crippen molar-refractivity contribution in [2.75, 3.05) is 0 Å². The fraction of sp³-hybridized carbons (Fsp3) is 0.667. The average Bonchev–Trinajstić information content (AvgIpc) is 2.52. The van der Waals surface area contributed by atoms with E-state index in [1.165, 1.54) is 21.2 Å². The van der Waals surface area contributed by atoms with E-state index in [4.69, 9.17) is 0 Å². The second kappa shape index (κ2) is 9.01. The molecule has 0 aromatic carbocycles. The first-order valence-corrected chi connectivity index (χ1v) is 11.3. The Hall–Kier alpha value is 1.14. The van der Waals surface area contributed by atoms with Crippen LogP contribution < -0.4 is 0 Å². The molecule has 0 aliphatic heterocycles. The van der Waals surface area contributed by atoms with Crippen LogP contribution in [0, 0.1) is 23.7 Å². The number of rotatable bonds is 3. The Morgan fingerprint density at radius 3 is 1.68 bits per heavy atom. The molecule has 0 amide bonds. The van der Waals surface area contributed by atoms with Crippen LogP contribution in [-0.4, -0.2) is 9.65 Å². The Labute approximate surface area is 169 Å². The van der Waals surface area contributed by atoms with Crippen LogP contribution in [0.2, 0.25) is 0 Å². The predicted octanol–water partition coefficient (Wildman–Crippen LogP) is 7.97. The SMILES string of the molecule is CC(/C(Br)=C/C1C(Br)C(C)C(C)C(C)C1Br)=C(C)/C(C)=C/Br. The highest BCUT2D eigenvalue weighted by Crippen LogP contribution is 2.46. The third-order valence-electron chi connectivity index (χ3n) is 5.41. The van der Waals surface area contributed by atoms with Gasteiger partial charge in [0.15, 0.2) is 0 Å². The molecular weight excluding hydrogens is 536 g/mol. The van der Waals surface area contributed by atoms with E-state index >= 15 is 0 Å². The first-order valence-electron chi connectivity index (χ1n) is 7.74. The van der Waals surface area contributed by atoms with Crippen LogP contribution in [0.5, 0.6) is 0 Å². The van der Waals surface area contributed by atoms with Crippen LogP contribution >= 0.6 is 63.7 Å². The third-order valence-corrected chi connectivity index (χ3v) is 9.85. The average molecular weight is 562 g/mol. The minimum absolute atomic E-state index is 0.478. The van der Waals surface area contributed by atoms with Gasteiger partial charge in [-0.15, -0.1) is 0 Å². The van der Waals surface area contributed by atoms with E-state index in [1.54, 1.807) is 0 Å². The Morgan fingerprint density at radius 2 is 1.27 bits per heavy atom. The van der Waals surface area contributed by atoms with E-state index < -0.39 is 0 Å². The molecule has 1 saturated carbocycles. The quantitative estimate of drug-likeness (QED) is 0.242. The number of alkyl halides is 2. The van der Waals surface area contributed by atoms with Crippen LogP contribution in [-0.2, 0) is 0 Å². The Morgan fingerprint density at radius 1 is 0.818 bits per heavy atom. The lowest BCUT2D eigenvalue weighted by molar-refractivity contribution is 0.186. The summed E-state index contributed by atoms with van der Waals surface area (Å²) in [4.78, 5) is 2.98. The Kier molecular flexibility index (Phi) is 8.67. The van der Waals surface area contributed by atoms with Crippen molar-refractivity contribution in [3.8, 4) is 0 Å². The maximum absolute atomic E-state index is 3.96. The first kappa shape index (κ1) is 21.2. The summed E-state index contributed by atoms with van der Waals surface area (Å²) in [6.45, 7) is 13.6. The predicted molar refractivity (Wildman–Crippen MR) is 114 cm³/mol. The highest BCUT2D eigenvalue weighted by Gasteiger charge is 2.42. The van der Waals surface area contributed by atoms with Gasteiger partial charge in [-0.3, -0.25) is 0 Å². The van der Waals surface area contributed by atoms with Crippen molar-refractivity contribution in [1.82, 2.24) is 0 Å². The molecule has 0 saturated heterocycles. The molecular formula is C18H26Br4. The number of allylic oxidation sites excluding steroid dienone is 5. The summed E-state index contributed by atoms with van der Waals surface area (Å²) >= 11 is 15.1. The van der Waals surface area contributed by atoms with Gasteiger partial charge in [0.25, 0.3) is 0 Å². The Balaban J connectivity index is 3.14. The smallest absolute Gasteiger partial charge is 0.0248 e. The minimum atomic E-state index is 0.478. The van der Waals surface area contributed by atoms with E-state index in [2.05, 4.69) is 111 Å².